The van der Waals surface area contributed by atoms with Gasteiger partial charge >= 0.3 is 0 Å². The van der Waals surface area contributed by atoms with Crippen molar-refractivity contribution in [3.8, 4) is 11.4 Å². The van der Waals surface area contributed by atoms with Gasteiger partial charge in [0.2, 0.25) is 0 Å². The van der Waals surface area contributed by atoms with E-state index in [4.69, 9.17) is 4.55 Å². The second-order valence-corrected chi connectivity index (χ2v) is 7.88. The first-order valence-corrected chi connectivity index (χ1v) is 9.51. The molecule has 2 rings (SSSR count). The van der Waals surface area contributed by atoms with Crippen molar-refractivity contribution in [3.05, 3.63) is 47.8 Å². The molecule has 23 heavy (non-hydrogen) atoms. The van der Waals surface area contributed by atoms with Gasteiger partial charge in [-0.1, -0.05) is 0 Å². The molecule has 0 aliphatic heterocycles. The van der Waals surface area contributed by atoms with Crippen LogP contribution < -0.4 is 0 Å². The van der Waals surface area contributed by atoms with Crippen LogP contribution in [0.2, 0.25) is 0 Å². The Labute approximate surface area is 134 Å². The molecule has 10 heteroatoms. The molecule has 8 nitrogen and oxygen atoms in total. The first kappa shape index (κ1) is 17.5. The van der Waals surface area contributed by atoms with Crippen molar-refractivity contribution >= 4 is 20.2 Å². The molecule has 2 aromatic heterocycles. The summed E-state index contributed by atoms with van der Waals surface area (Å²) in [5.74, 6) is -0.857. The van der Waals surface area contributed by atoms with Crippen LogP contribution in [0.25, 0.3) is 11.4 Å². The van der Waals surface area contributed by atoms with E-state index in [-0.39, 0.29) is 5.75 Å². The summed E-state index contributed by atoms with van der Waals surface area (Å²) in [5, 5.41) is 0. The summed E-state index contributed by atoms with van der Waals surface area (Å²) in [6.07, 6.45) is 2.81. The lowest BCUT2D eigenvalue weighted by atomic mass is 10.1. The average Bonchev–Trinajstić information content (AvgIpc) is 2.45. The lowest BCUT2D eigenvalue weighted by Crippen LogP contribution is -2.06. The molecule has 0 bridgehead atoms. The number of rotatable bonds is 6. The smallest absolute Gasteiger partial charge is 0.271 e. The van der Waals surface area contributed by atoms with Gasteiger partial charge in [0.05, 0.1) is 18.5 Å². The summed E-state index contributed by atoms with van der Waals surface area (Å²) in [6.45, 7) is 0. The van der Waals surface area contributed by atoms with Crippen molar-refractivity contribution in [3.63, 3.8) is 0 Å². The second kappa shape index (κ2) is 6.71. The Morgan fingerprint density at radius 3 is 1.87 bits per heavy atom. The van der Waals surface area contributed by atoms with Crippen molar-refractivity contribution < 1.29 is 25.6 Å². The van der Waals surface area contributed by atoms with Crippen LogP contribution in [0.5, 0.6) is 0 Å². The maximum absolute atomic E-state index is 11.5. The van der Waals surface area contributed by atoms with Crippen LogP contribution in [0.4, 0.5) is 0 Å². The monoisotopic (exact) mass is 358 g/mol. The lowest BCUT2D eigenvalue weighted by molar-refractivity contribution is 0.397. The summed E-state index contributed by atoms with van der Waals surface area (Å²) in [5.41, 5.74) is 1.54. The number of aromatic nitrogens is 2. The molecular formula is C13H14N2O6S2. The summed E-state index contributed by atoms with van der Waals surface area (Å²) >= 11 is 0. The van der Waals surface area contributed by atoms with Crippen LogP contribution in [0.15, 0.2) is 36.7 Å². The predicted molar refractivity (Wildman–Crippen MR) is 82.4 cm³/mol. The first-order valence-electron chi connectivity index (χ1n) is 6.32. The van der Waals surface area contributed by atoms with Gasteiger partial charge in [0.1, 0.15) is 11.5 Å². The van der Waals surface area contributed by atoms with Crippen molar-refractivity contribution in [2.45, 2.75) is 11.5 Å². The minimum absolute atomic E-state index is 0.316. The standard InChI is InChI=1S/C13H14N2O6S2/c1-21-23(19,20)9-11-3-5-15-13(7-11)12-6-10(2-4-14-12)8-22(16,17)18/h2-7H,8-9H2,1H3,(H,16,17,18). The Morgan fingerprint density at radius 1 is 0.957 bits per heavy atom. The van der Waals surface area contributed by atoms with Gasteiger partial charge < -0.3 is 0 Å². The number of hydrogen-bond donors (Lipinski definition) is 1. The van der Waals surface area contributed by atoms with E-state index in [1.165, 1.54) is 36.7 Å². The molecule has 0 amide bonds. The molecule has 0 unspecified atom stereocenters. The largest absolute Gasteiger partial charge is 0.285 e. The maximum Gasteiger partial charge on any atom is 0.271 e. The zero-order chi connectivity index (χ0) is 17.1. The van der Waals surface area contributed by atoms with E-state index in [0.717, 1.165) is 7.11 Å². The summed E-state index contributed by atoms with van der Waals surface area (Å²) < 4.78 is 58.1. The Hall–Kier alpha value is -1.88. The van der Waals surface area contributed by atoms with Gasteiger partial charge in [-0.2, -0.15) is 16.8 Å². The molecule has 0 saturated heterocycles. The normalized spacial score (nSPS) is 12.3. The molecule has 0 aliphatic rings. The molecule has 0 radical (unpaired) electrons. The highest BCUT2D eigenvalue weighted by molar-refractivity contribution is 7.85. The summed E-state index contributed by atoms with van der Waals surface area (Å²) in [6, 6.07) is 5.97. The first-order chi connectivity index (χ1) is 10.7. The fourth-order valence-electron chi connectivity index (χ4n) is 1.88. The van der Waals surface area contributed by atoms with Gasteiger partial charge in [0, 0.05) is 12.4 Å². The van der Waals surface area contributed by atoms with Crippen molar-refractivity contribution in [1.29, 1.82) is 0 Å². The molecule has 0 saturated carbocycles. The molecule has 0 aliphatic carbocycles. The minimum Gasteiger partial charge on any atom is -0.285 e. The van der Waals surface area contributed by atoms with E-state index in [2.05, 4.69) is 14.2 Å². The zero-order valence-corrected chi connectivity index (χ0v) is 13.7. The molecule has 0 fully saturated rings. The number of hydrogen-bond acceptors (Lipinski definition) is 7. The number of nitrogens with zero attached hydrogens (tertiary/aromatic N) is 2. The Morgan fingerprint density at radius 2 is 1.43 bits per heavy atom. The fraction of sp³-hybridized carbons (Fsp3) is 0.231. The third-order valence-corrected chi connectivity index (χ3v) is 4.75. The third kappa shape index (κ3) is 5.36. The van der Waals surface area contributed by atoms with Gasteiger partial charge in [-0.25, -0.2) is 0 Å². The van der Waals surface area contributed by atoms with Crippen LogP contribution >= 0.6 is 0 Å². The average molecular weight is 358 g/mol. The highest BCUT2D eigenvalue weighted by Gasteiger charge is 2.13. The van der Waals surface area contributed by atoms with Gasteiger partial charge in [-0.3, -0.25) is 18.7 Å². The topological polar surface area (TPSA) is 124 Å². The van der Waals surface area contributed by atoms with Gasteiger partial charge in [-0.05, 0) is 35.4 Å². The van der Waals surface area contributed by atoms with E-state index < -0.39 is 26.0 Å². The molecule has 2 aromatic rings. The van der Waals surface area contributed by atoms with Crippen LogP contribution in [0.1, 0.15) is 11.1 Å². The van der Waals surface area contributed by atoms with Crippen molar-refractivity contribution in [2.24, 2.45) is 0 Å². The van der Waals surface area contributed by atoms with E-state index >= 15 is 0 Å². The van der Waals surface area contributed by atoms with E-state index in [0.29, 0.717) is 22.5 Å². The van der Waals surface area contributed by atoms with Crippen LogP contribution in [0, 0.1) is 0 Å². The molecule has 0 aromatic carbocycles. The molecule has 2 heterocycles. The molecule has 0 spiro atoms. The molecule has 0 atom stereocenters. The highest BCUT2D eigenvalue weighted by atomic mass is 32.2. The van der Waals surface area contributed by atoms with E-state index in [1.54, 1.807) is 0 Å². The van der Waals surface area contributed by atoms with E-state index in [9.17, 15) is 16.8 Å². The Kier molecular flexibility index (Phi) is 5.09. The highest BCUT2D eigenvalue weighted by Crippen LogP contribution is 2.19. The van der Waals surface area contributed by atoms with Crippen LogP contribution in [-0.2, 0) is 35.9 Å². The van der Waals surface area contributed by atoms with Crippen molar-refractivity contribution in [2.75, 3.05) is 7.11 Å². The summed E-state index contributed by atoms with van der Waals surface area (Å²) in [4.78, 5) is 8.17. The Bertz CT molecular complexity index is 910. The minimum atomic E-state index is -4.16. The molecule has 1 N–H and O–H groups in total. The van der Waals surface area contributed by atoms with Crippen LogP contribution in [-0.4, -0.2) is 38.5 Å². The van der Waals surface area contributed by atoms with Crippen LogP contribution in [0.3, 0.4) is 0 Å². The second-order valence-electron chi connectivity index (χ2n) is 4.69. The molecular weight excluding hydrogens is 344 g/mol. The SMILES string of the molecule is COS(=O)(=O)Cc1ccnc(-c2cc(CS(=O)(=O)O)ccn2)c1. The quantitative estimate of drug-likeness (QED) is 0.599. The summed E-state index contributed by atoms with van der Waals surface area (Å²) in [7, 11) is -6.74. The van der Waals surface area contributed by atoms with Gasteiger partial charge in [0.15, 0.2) is 0 Å². The van der Waals surface area contributed by atoms with Gasteiger partial charge in [0.25, 0.3) is 20.2 Å². The van der Waals surface area contributed by atoms with Gasteiger partial charge in [-0.15, -0.1) is 0 Å². The lowest BCUT2D eigenvalue weighted by Gasteiger charge is -2.06. The fourth-order valence-corrected chi connectivity index (χ4v) is 3.19. The number of pyridine rings is 2. The third-order valence-electron chi connectivity index (χ3n) is 2.86. The van der Waals surface area contributed by atoms with E-state index in [1.807, 2.05) is 0 Å². The van der Waals surface area contributed by atoms with Crippen molar-refractivity contribution in [1.82, 2.24) is 9.97 Å². The Balaban J connectivity index is 2.34. The molecule has 124 valence electrons. The zero-order valence-electron chi connectivity index (χ0n) is 12.1. The maximum atomic E-state index is 11.5. The predicted octanol–water partition coefficient (Wildman–Crippen LogP) is 1.01.